The van der Waals surface area contributed by atoms with Crippen LogP contribution in [-0.4, -0.2) is 41.9 Å². The number of fused-ring (bicyclic) bond motifs is 1. The highest BCUT2D eigenvalue weighted by molar-refractivity contribution is 6.30. The van der Waals surface area contributed by atoms with Crippen molar-refractivity contribution in [2.24, 2.45) is 0 Å². The molecule has 124 valence electrons. The van der Waals surface area contributed by atoms with Crippen LogP contribution in [0.15, 0.2) is 30.6 Å². The molecule has 2 aromatic heterocycles. The lowest BCUT2D eigenvalue weighted by molar-refractivity contribution is 0.0593. The van der Waals surface area contributed by atoms with Gasteiger partial charge in [0.05, 0.1) is 44.4 Å². The summed E-state index contributed by atoms with van der Waals surface area (Å²) in [6.45, 7) is 0. The Hall–Kier alpha value is -2.80. The Bertz CT molecular complexity index is 898. The van der Waals surface area contributed by atoms with E-state index in [4.69, 9.17) is 25.8 Å². The number of nitrogens with zero attached hydrogens (tertiary/aromatic N) is 3. The largest absolute Gasteiger partial charge is 0.496 e. The topological polar surface area (TPSA) is 75.0 Å². The highest BCUT2D eigenvalue weighted by atomic mass is 35.5. The van der Waals surface area contributed by atoms with Crippen LogP contribution in [-0.2, 0) is 4.74 Å². The zero-order valence-corrected chi connectivity index (χ0v) is 14.0. The normalized spacial score (nSPS) is 10.7. The number of halogens is 1. The summed E-state index contributed by atoms with van der Waals surface area (Å²) in [6, 6.07) is 5.11. The summed E-state index contributed by atoms with van der Waals surface area (Å²) in [7, 11) is 4.24. The molecule has 2 heterocycles. The third-order valence-corrected chi connectivity index (χ3v) is 3.73. The first-order valence-corrected chi connectivity index (χ1v) is 7.30. The molecule has 0 radical (unpaired) electrons. The first kappa shape index (κ1) is 16.1. The van der Waals surface area contributed by atoms with Gasteiger partial charge in [0.15, 0.2) is 5.65 Å². The van der Waals surface area contributed by atoms with Crippen molar-refractivity contribution in [3.05, 3.63) is 41.2 Å². The number of hydrogen-bond acceptors (Lipinski definition) is 6. The average molecular weight is 348 g/mol. The molecule has 0 aliphatic carbocycles. The molecule has 0 N–H and O–H groups in total. The average Bonchev–Trinajstić information content (AvgIpc) is 3.02. The van der Waals surface area contributed by atoms with E-state index in [-0.39, 0.29) is 5.56 Å². The van der Waals surface area contributed by atoms with E-state index in [0.717, 1.165) is 5.56 Å². The molecule has 0 unspecified atom stereocenters. The van der Waals surface area contributed by atoms with Crippen LogP contribution < -0.4 is 9.47 Å². The van der Waals surface area contributed by atoms with Crippen molar-refractivity contribution in [2.45, 2.75) is 0 Å². The summed E-state index contributed by atoms with van der Waals surface area (Å²) in [5.41, 5.74) is 2.25. The van der Waals surface area contributed by atoms with E-state index in [0.29, 0.717) is 27.9 Å². The van der Waals surface area contributed by atoms with Crippen molar-refractivity contribution in [1.29, 1.82) is 0 Å². The minimum atomic E-state index is -0.543. The SMILES string of the molecule is COC(=O)c1c(OC)cc(-c2cnc3cc(Cl)cnn23)cc1OC. The van der Waals surface area contributed by atoms with Crippen LogP contribution in [0, 0.1) is 0 Å². The first-order chi connectivity index (χ1) is 11.6. The smallest absolute Gasteiger partial charge is 0.345 e. The standard InChI is InChI=1S/C16H14ClN3O4/c1-22-12-4-9(5-13(23-2)15(12)16(21)24-3)11-8-18-14-6-10(17)7-19-20(11)14/h4-8H,1-3H3. The summed E-state index contributed by atoms with van der Waals surface area (Å²) in [6.07, 6.45) is 3.18. The number of rotatable bonds is 4. The lowest BCUT2D eigenvalue weighted by Gasteiger charge is -2.13. The Morgan fingerprint density at radius 3 is 2.33 bits per heavy atom. The Labute approximate surface area is 142 Å². The van der Waals surface area contributed by atoms with Crippen molar-refractivity contribution < 1.29 is 19.0 Å². The van der Waals surface area contributed by atoms with Gasteiger partial charge >= 0.3 is 5.97 Å². The number of benzene rings is 1. The second kappa shape index (κ2) is 6.37. The Morgan fingerprint density at radius 2 is 1.75 bits per heavy atom. The van der Waals surface area contributed by atoms with Gasteiger partial charge in [-0.25, -0.2) is 14.3 Å². The van der Waals surface area contributed by atoms with E-state index < -0.39 is 5.97 Å². The molecule has 0 bridgehead atoms. The summed E-state index contributed by atoms with van der Waals surface area (Å²) < 4.78 is 17.1. The Morgan fingerprint density at radius 1 is 1.08 bits per heavy atom. The van der Waals surface area contributed by atoms with E-state index in [2.05, 4.69) is 10.1 Å². The Kier molecular flexibility index (Phi) is 4.26. The van der Waals surface area contributed by atoms with Crippen molar-refractivity contribution >= 4 is 23.2 Å². The highest BCUT2D eigenvalue weighted by Gasteiger charge is 2.22. The number of imidazole rings is 1. The molecule has 8 heteroatoms. The first-order valence-electron chi connectivity index (χ1n) is 6.93. The molecule has 0 saturated heterocycles. The molecule has 0 atom stereocenters. The fourth-order valence-electron chi connectivity index (χ4n) is 2.41. The quantitative estimate of drug-likeness (QED) is 0.675. The molecular weight excluding hydrogens is 334 g/mol. The van der Waals surface area contributed by atoms with E-state index in [1.165, 1.54) is 27.5 Å². The van der Waals surface area contributed by atoms with Gasteiger partial charge < -0.3 is 14.2 Å². The Balaban J connectivity index is 2.22. The van der Waals surface area contributed by atoms with Gasteiger partial charge in [0.25, 0.3) is 0 Å². The molecule has 0 aliphatic heterocycles. The number of esters is 1. The molecule has 3 aromatic rings. The van der Waals surface area contributed by atoms with E-state index in [1.54, 1.807) is 28.9 Å². The lowest BCUT2D eigenvalue weighted by atomic mass is 10.1. The summed E-state index contributed by atoms with van der Waals surface area (Å²) in [5.74, 6) is 0.124. The zero-order chi connectivity index (χ0) is 17.3. The van der Waals surface area contributed by atoms with Crippen LogP contribution in [0.1, 0.15) is 10.4 Å². The number of methoxy groups -OCH3 is 3. The summed E-state index contributed by atoms with van der Waals surface area (Å²) >= 11 is 5.93. The van der Waals surface area contributed by atoms with Gasteiger partial charge in [-0.1, -0.05) is 11.6 Å². The van der Waals surface area contributed by atoms with Crippen LogP contribution in [0.2, 0.25) is 5.02 Å². The summed E-state index contributed by atoms with van der Waals surface area (Å²) in [4.78, 5) is 16.3. The molecule has 0 aliphatic rings. The monoisotopic (exact) mass is 347 g/mol. The molecule has 0 amide bonds. The van der Waals surface area contributed by atoms with Gasteiger partial charge in [-0.2, -0.15) is 5.10 Å². The fraction of sp³-hybridized carbons (Fsp3) is 0.188. The van der Waals surface area contributed by atoms with Gasteiger partial charge in [0, 0.05) is 11.6 Å². The van der Waals surface area contributed by atoms with Crippen molar-refractivity contribution in [2.75, 3.05) is 21.3 Å². The van der Waals surface area contributed by atoms with E-state index in [1.807, 2.05) is 0 Å². The van der Waals surface area contributed by atoms with Gasteiger partial charge in [0.1, 0.15) is 17.1 Å². The predicted octanol–water partition coefficient (Wildman–Crippen LogP) is 2.85. The van der Waals surface area contributed by atoms with Crippen molar-refractivity contribution in [1.82, 2.24) is 14.6 Å². The molecule has 3 rings (SSSR count). The number of ether oxygens (including phenoxy) is 3. The van der Waals surface area contributed by atoms with Crippen molar-refractivity contribution in [3.8, 4) is 22.8 Å². The lowest BCUT2D eigenvalue weighted by Crippen LogP contribution is -2.07. The fourth-order valence-corrected chi connectivity index (χ4v) is 2.55. The molecule has 0 saturated carbocycles. The third kappa shape index (κ3) is 2.63. The third-order valence-electron chi connectivity index (χ3n) is 3.52. The molecule has 0 spiro atoms. The molecule has 0 fully saturated rings. The molecule has 7 nitrogen and oxygen atoms in total. The van der Waals surface area contributed by atoms with Crippen LogP contribution in [0.25, 0.3) is 16.9 Å². The number of aromatic nitrogens is 3. The van der Waals surface area contributed by atoms with Crippen LogP contribution in [0.5, 0.6) is 11.5 Å². The van der Waals surface area contributed by atoms with Crippen LogP contribution >= 0.6 is 11.6 Å². The van der Waals surface area contributed by atoms with Gasteiger partial charge in [0.2, 0.25) is 0 Å². The maximum atomic E-state index is 12.0. The number of carbonyl (C=O) groups is 1. The summed E-state index contributed by atoms with van der Waals surface area (Å²) in [5, 5.41) is 4.75. The van der Waals surface area contributed by atoms with Crippen LogP contribution in [0.4, 0.5) is 0 Å². The minimum absolute atomic E-state index is 0.219. The van der Waals surface area contributed by atoms with Crippen molar-refractivity contribution in [3.63, 3.8) is 0 Å². The molecule has 24 heavy (non-hydrogen) atoms. The zero-order valence-electron chi connectivity index (χ0n) is 13.2. The predicted molar refractivity (Wildman–Crippen MR) is 87.9 cm³/mol. The van der Waals surface area contributed by atoms with Gasteiger partial charge in [-0.15, -0.1) is 0 Å². The second-order valence-electron chi connectivity index (χ2n) is 4.83. The second-order valence-corrected chi connectivity index (χ2v) is 5.27. The van der Waals surface area contributed by atoms with Crippen LogP contribution in [0.3, 0.4) is 0 Å². The number of carbonyl (C=O) groups excluding carboxylic acids is 1. The molecule has 1 aromatic carbocycles. The van der Waals surface area contributed by atoms with E-state index in [9.17, 15) is 4.79 Å². The van der Waals surface area contributed by atoms with Gasteiger partial charge in [-0.05, 0) is 12.1 Å². The maximum absolute atomic E-state index is 12.0. The highest BCUT2D eigenvalue weighted by Crippen LogP contribution is 2.35. The maximum Gasteiger partial charge on any atom is 0.345 e. The number of hydrogen-bond donors (Lipinski definition) is 0. The minimum Gasteiger partial charge on any atom is -0.496 e. The molecular formula is C16H14ClN3O4. The van der Waals surface area contributed by atoms with E-state index >= 15 is 0 Å². The van der Waals surface area contributed by atoms with Gasteiger partial charge in [-0.3, -0.25) is 0 Å².